The Morgan fingerprint density at radius 1 is 1.86 bits per heavy atom. The fourth-order valence-corrected chi connectivity index (χ4v) is 1.24. The Labute approximate surface area is 83.6 Å². The lowest BCUT2D eigenvalue weighted by molar-refractivity contribution is -0.123. The molecule has 1 amide bonds. The van der Waals surface area contributed by atoms with Gasteiger partial charge in [-0.05, 0) is 13.8 Å². The summed E-state index contributed by atoms with van der Waals surface area (Å²) in [7, 11) is 0. The zero-order valence-electron chi connectivity index (χ0n) is 8.53. The third kappa shape index (κ3) is 2.22. The summed E-state index contributed by atoms with van der Waals surface area (Å²) in [6.45, 7) is 7.75. The molecule has 0 saturated heterocycles. The standard InChI is InChI=1S/C10H15N3O/c1-4-5-12-10(14)8(2)13-7-6-11-9(13)3/h4,6-8H,1,5H2,2-3H3,(H,12,14). The molecule has 0 fully saturated rings. The maximum Gasteiger partial charge on any atom is 0.243 e. The highest BCUT2D eigenvalue weighted by Gasteiger charge is 2.14. The van der Waals surface area contributed by atoms with Crippen LogP contribution in [0, 0.1) is 6.92 Å². The fraction of sp³-hybridized carbons (Fsp3) is 0.400. The van der Waals surface area contributed by atoms with E-state index in [1.165, 1.54) is 0 Å². The summed E-state index contributed by atoms with van der Waals surface area (Å²) in [5.74, 6) is 0.817. The van der Waals surface area contributed by atoms with Crippen LogP contribution in [-0.2, 0) is 4.79 Å². The van der Waals surface area contributed by atoms with Crippen molar-refractivity contribution in [3.8, 4) is 0 Å². The van der Waals surface area contributed by atoms with Gasteiger partial charge in [-0.3, -0.25) is 4.79 Å². The van der Waals surface area contributed by atoms with Crippen molar-refractivity contribution in [2.24, 2.45) is 0 Å². The minimum absolute atomic E-state index is 0.0222. The van der Waals surface area contributed by atoms with Crippen molar-refractivity contribution in [3.63, 3.8) is 0 Å². The number of carbonyl (C=O) groups excluding carboxylic acids is 1. The van der Waals surface area contributed by atoms with Gasteiger partial charge in [0.2, 0.25) is 5.91 Å². The summed E-state index contributed by atoms with van der Waals surface area (Å²) in [6.07, 6.45) is 5.14. The van der Waals surface area contributed by atoms with Crippen LogP contribution in [0.2, 0.25) is 0 Å². The van der Waals surface area contributed by atoms with E-state index in [4.69, 9.17) is 0 Å². The smallest absolute Gasteiger partial charge is 0.243 e. The number of nitrogens with zero attached hydrogens (tertiary/aromatic N) is 2. The van der Waals surface area contributed by atoms with Crippen molar-refractivity contribution in [1.29, 1.82) is 0 Å². The van der Waals surface area contributed by atoms with Crippen LogP contribution < -0.4 is 5.32 Å². The molecule has 0 aliphatic heterocycles. The number of hydrogen-bond acceptors (Lipinski definition) is 2. The lowest BCUT2D eigenvalue weighted by Crippen LogP contribution is -2.31. The first-order valence-corrected chi connectivity index (χ1v) is 4.55. The van der Waals surface area contributed by atoms with Crippen LogP contribution in [0.4, 0.5) is 0 Å². The van der Waals surface area contributed by atoms with Crippen molar-refractivity contribution < 1.29 is 4.79 Å². The second kappa shape index (κ2) is 4.60. The lowest BCUT2D eigenvalue weighted by atomic mass is 10.3. The summed E-state index contributed by atoms with van der Waals surface area (Å²) in [5, 5.41) is 2.74. The summed E-state index contributed by atoms with van der Waals surface area (Å²) in [6, 6.07) is -0.225. The number of aromatic nitrogens is 2. The van der Waals surface area contributed by atoms with E-state index in [0.29, 0.717) is 6.54 Å². The molecule has 1 rings (SSSR count). The molecule has 1 aromatic rings. The first-order chi connectivity index (χ1) is 6.66. The molecule has 4 heteroatoms. The van der Waals surface area contributed by atoms with Gasteiger partial charge in [-0.1, -0.05) is 6.08 Å². The van der Waals surface area contributed by atoms with Gasteiger partial charge in [0.1, 0.15) is 11.9 Å². The average molecular weight is 193 g/mol. The van der Waals surface area contributed by atoms with E-state index >= 15 is 0 Å². The van der Waals surface area contributed by atoms with Crippen LogP contribution in [0.25, 0.3) is 0 Å². The molecule has 0 aliphatic rings. The highest BCUT2D eigenvalue weighted by Crippen LogP contribution is 2.07. The number of aryl methyl sites for hydroxylation is 1. The summed E-state index contributed by atoms with van der Waals surface area (Å²) >= 11 is 0. The molecule has 76 valence electrons. The van der Waals surface area contributed by atoms with Gasteiger partial charge in [-0.2, -0.15) is 0 Å². The van der Waals surface area contributed by atoms with E-state index in [2.05, 4.69) is 16.9 Å². The van der Waals surface area contributed by atoms with Crippen LogP contribution in [0.5, 0.6) is 0 Å². The minimum Gasteiger partial charge on any atom is -0.351 e. The molecular weight excluding hydrogens is 178 g/mol. The number of imidazole rings is 1. The summed E-state index contributed by atoms with van der Waals surface area (Å²) < 4.78 is 1.83. The van der Waals surface area contributed by atoms with Gasteiger partial charge in [0.05, 0.1) is 0 Å². The third-order valence-corrected chi connectivity index (χ3v) is 2.08. The SMILES string of the molecule is C=CCNC(=O)C(C)n1ccnc1C. The Kier molecular flexibility index (Phi) is 3.45. The topological polar surface area (TPSA) is 46.9 Å². The summed E-state index contributed by atoms with van der Waals surface area (Å²) in [4.78, 5) is 15.6. The quantitative estimate of drug-likeness (QED) is 0.727. The maximum atomic E-state index is 11.5. The molecule has 1 heterocycles. The predicted octanol–water partition coefficient (Wildman–Crippen LogP) is 1.05. The molecule has 0 spiro atoms. The van der Waals surface area contributed by atoms with Gasteiger partial charge in [-0.15, -0.1) is 6.58 Å². The fourth-order valence-electron chi connectivity index (χ4n) is 1.24. The van der Waals surface area contributed by atoms with Crippen molar-refractivity contribution in [3.05, 3.63) is 30.9 Å². The first kappa shape index (κ1) is 10.5. The second-order valence-electron chi connectivity index (χ2n) is 3.09. The van der Waals surface area contributed by atoms with Crippen molar-refractivity contribution >= 4 is 5.91 Å². The molecule has 1 N–H and O–H groups in total. The van der Waals surface area contributed by atoms with E-state index in [9.17, 15) is 4.79 Å². The van der Waals surface area contributed by atoms with Gasteiger partial charge >= 0.3 is 0 Å². The Hall–Kier alpha value is -1.58. The van der Waals surface area contributed by atoms with E-state index < -0.39 is 0 Å². The normalized spacial score (nSPS) is 12.1. The predicted molar refractivity (Wildman–Crippen MR) is 54.9 cm³/mol. The zero-order valence-corrected chi connectivity index (χ0v) is 8.53. The third-order valence-electron chi connectivity index (χ3n) is 2.08. The van der Waals surface area contributed by atoms with E-state index in [1.54, 1.807) is 18.5 Å². The number of nitrogens with one attached hydrogen (secondary N) is 1. The monoisotopic (exact) mass is 193 g/mol. The van der Waals surface area contributed by atoms with Crippen LogP contribution >= 0.6 is 0 Å². The van der Waals surface area contributed by atoms with Crippen LogP contribution in [-0.4, -0.2) is 22.0 Å². The van der Waals surface area contributed by atoms with Gasteiger partial charge in [-0.25, -0.2) is 4.98 Å². The van der Waals surface area contributed by atoms with Crippen molar-refractivity contribution in [2.75, 3.05) is 6.54 Å². The molecule has 1 aromatic heterocycles. The molecule has 1 atom stereocenters. The van der Waals surface area contributed by atoms with Crippen molar-refractivity contribution in [2.45, 2.75) is 19.9 Å². The first-order valence-electron chi connectivity index (χ1n) is 4.55. The number of hydrogen-bond donors (Lipinski definition) is 1. The molecule has 14 heavy (non-hydrogen) atoms. The molecule has 0 saturated carbocycles. The Morgan fingerprint density at radius 3 is 3.07 bits per heavy atom. The number of amides is 1. The molecule has 4 nitrogen and oxygen atoms in total. The molecule has 1 unspecified atom stereocenters. The van der Waals surface area contributed by atoms with Gasteiger partial charge < -0.3 is 9.88 Å². The second-order valence-corrected chi connectivity index (χ2v) is 3.09. The van der Waals surface area contributed by atoms with Crippen LogP contribution in [0.15, 0.2) is 25.0 Å². The number of rotatable bonds is 4. The van der Waals surface area contributed by atoms with E-state index in [0.717, 1.165) is 5.82 Å². The van der Waals surface area contributed by atoms with E-state index in [-0.39, 0.29) is 11.9 Å². The zero-order chi connectivity index (χ0) is 10.6. The number of carbonyl (C=O) groups is 1. The van der Waals surface area contributed by atoms with Crippen molar-refractivity contribution in [1.82, 2.24) is 14.9 Å². The summed E-state index contributed by atoms with van der Waals surface area (Å²) in [5.41, 5.74) is 0. The Morgan fingerprint density at radius 2 is 2.57 bits per heavy atom. The highest BCUT2D eigenvalue weighted by atomic mass is 16.2. The van der Waals surface area contributed by atoms with Gasteiger partial charge in [0.25, 0.3) is 0 Å². The molecule has 0 aliphatic carbocycles. The lowest BCUT2D eigenvalue weighted by Gasteiger charge is -2.13. The highest BCUT2D eigenvalue weighted by molar-refractivity contribution is 5.80. The van der Waals surface area contributed by atoms with Gasteiger partial charge in [0, 0.05) is 18.9 Å². The largest absolute Gasteiger partial charge is 0.351 e. The Bertz CT molecular complexity index is 330. The van der Waals surface area contributed by atoms with Gasteiger partial charge in [0.15, 0.2) is 0 Å². The maximum absolute atomic E-state index is 11.5. The van der Waals surface area contributed by atoms with Crippen LogP contribution in [0.1, 0.15) is 18.8 Å². The molecule has 0 radical (unpaired) electrons. The molecule has 0 aromatic carbocycles. The van der Waals surface area contributed by atoms with E-state index in [1.807, 2.05) is 18.4 Å². The average Bonchev–Trinajstić information content (AvgIpc) is 2.59. The van der Waals surface area contributed by atoms with Crippen LogP contribution in [0.3, 0.4) is 0 Å². The minimum atomic E-state index is -0.225. The molecular formula is C10H15N3O. The Balaban J connectivity index is 2.65. The molecule has 0 bridgehead atoms.